The molecule has 0 atom stereocenters. The number of anilines is 3. The number of aryl methyl sites for hydroxylation is 2. The fourth-order valence-corrected chi connectivity index (χ4v) is 2.62. The predicted molar refractivity (Wildman–Crippen MR) is 86.3 cm³/mol. The first-order valence-electron chi connectivity index (χ1n) is 7.13. The van der Waals surface area contributed by atoms with Crippen molar-refractivity contribution in [3.8, 4) is 0 Å². The van der Waals surface area contributed by atoms with Gasteiger partial charge in [0.25, 0.3) is 0 Å². The van der Waals surface area contributed by atoms with Gasteiger partial charge in [0.2, 0.25) is 5.91 Å². The van der Waals surface area contributed by atoms with Gasteiger partial charge in [-0.05, 0) is 36.6 Å². The van der Waals surface area contributed by atoms with Crippen molar-refractivity contribution >= 4 is 23.0 Å². The molecule has 4 N–H and O–H groups in total. The Kier molecular flexibility index (Phi) is 3.52. The van der Waals surface area contributed by atoms with Gasteiger partial charge in [-0.15, -0.1) is 0 Å². The Morgan fingerprint density at radius 2 is 2.10 bits per heavy atom. The molecule has 0 spiro atoms. The minimum atomic E-state index is 0.0666. The van der Waals surface area contributed by atoms with E-state index in [4.69, 9.17) is 5.73 Å². The standard InChI is InChI=1S/C17H19N3O/c1-11-3-2-4-12(7-11)10-19-16-9-15-13(8-14(16)18)5-6-17(21)20-15/h2-4,7-9,19H,5-6,10,18H2,1H3,(H,20,21). The third kappa shape index (κ3) is 2.99. The van der Waals surface area contributed by atoms with Crippen molar-refractivity contribution in [2.45, 2.75) is 26.3 Å². The zero-order valence-corrected chi connectivity index (χ0v) is 12.1. The molecular formula is C17H19N3O. The predicted octanol–water partition coefficient (Wildman–Crippen LogP) is 3.07. The SMILES string of the molecule is Cc1cccc(CNc2cc3c(cc2N)CCC(=O)N3)c1. The van der Waals surface area contributed by atoms with E-state index in [9.17, 15) is 4.79 Å². The minimum absolute atomic E-state index is 0.0666. The van der Waals surface area contributed by atoms with Crippen molar-refractivity contribution in [3.05, 3.63) is 53.1 Å². The summed E-state index contributed by atoms with van der Waals surface area (Å²) in [5.41, 5.74) is 12.1. The Balaban J connectivity index is 1.79. The van der Waals surface area contributed by atoms with Crippen molar-refractivity contribution in [1.82, 2.24) is 0 Å². The van der Waals surface area contributed by atoms with Crippen LogP contribution in [0.4, 0.5) is 17.1 Å². The Bertz CT molecular complexity index is 694. The number of nitrogens with one attached hydrogen (secondary N) is 2. The van der Waals surface area contributed by atoms with Crippen LogP contribution in [0.3, 0.4) is 0 Å². The molecule has 1 amide bonds. The smallest absolute Gasteiger partial charge is 0.224 e. The average molecular weight is 281 g/mol. The van der Waals surface area contributed by atoms with Crippen LogP contribution in [0.1, 0.15) is 23.1 Å². The molecule has 108 valence electrons. The zero-order valence-electron chi connectivity index (χ0n) is 12.1. The molecule has 0 fully saturated rings. The second-order valence-electron chi connectivity index (χ2n) is 5.49. The van der Waals surface area contributed by atoms with Crippen LogP contribution in [0.25, 0.3) is 0 Å². The Labute approximate surface area is 124 Å². The van der Waals surface area contributed by atoms with Gasteiger partial charge >= 0.3 is 0 Å². The van der Waals surface area contributed by atoms with E-state index in [1.807, 2.05) is 18.2 Å². The lowest BCUT2D eigenvalue weighted by Crippen LogP contribution is -2.19. The summed E-state index contributed by atoms with van der Waals surface area (Å²) in [6, 6.07) is 12.2. The number of hydrogen-bond donors (Lipinski definition) is 3. The lowest BCUT2D eigenvalue weighted by molar-refractivity contribution is -0.116. The number of nitrogen functional groups attached to an aromatic ring is 1. The van der Waals surface area contributed by atoms with Gasteiger partial charge in [0.1, 0.15) is 0 Å². The van der Waals surface area contributed by atoms with Crippen LogP contribution in [0.5, 0.6) is 0 Å². The van der Waals surface area contributed by atoms with Crippen LogP contribution in [0.15, 0.2) is 36.4 Å². The Hall–Kier alpha value is -2.49. The number of amides is 1. The first kappa shape index (κ1) is 13.5. The van der Waals surface area contributed by atoms with E-state index in [2.05, 4.69) is 35.8 Å². The molecule has 1 aliphatic heterocycles. The molecule has 0 unspecified atom stereocenters. The van der Waals surface area contributed by atoms with Crippen LogP contribution < -0.4 is 16.4 Å². The topological polar surface area (TPSA) is 67.1 Å². The van der Waals surface area contributed by atoms with Gasteiger partial charge in [-0.3, -0.25) is 4.79 Å². The number of hydrogen-bond acceptors (Lipinski definition) is 3. The molecule has 3 rings (SSSR count). The monoisotopic (exact) mass is 281 g/mol. The highest BCUT2D eigenvalue weighted by atomic mass is 16.1. The molecule has 2 aromatic carbocycles. The van der Waals surface area contributed by atoms with E-state index in [-0.39, 0.29) is 5.91 Å². The normalized spacial score (nSPS) is 13.5. The second-order valence-corrected chi connectivity index (χ2v) is 5.49. The van der Waals surface area contributed by atoms with Gasteiger partial charge in [-0.2, -0.15) is 0 Å². The molecule has 0 saturated heterocycles. The number of rotatable bonds is 3. The largest absolute Gasteiger partial charge is 0.397 e. The molecule has 0 aromatic heterocycles. The molecule has 0 radical (unpaired) electrons. The van der Waals surface area contributed by atoms with Gasteiger partial charge in [-0.25, -0.2) is 0 Å². The summed E-state index contributed by atoms with van der Waals surface area (Å²) in [7, 11) is 0. The van der Waals surface area contributed by atoms with Crippen molar-refractivity contribution in [3.63, 3.8) is 0 Å². The summed E-state index contributed by atoms with van der Waals surface area (Å²) in [6.07, 6.45) is 1.28. The lowest BCUT2D eigenvalue weighted by Gasteiger charge is -2.20. The van der Waals surface area contributed by atoms with E-state index in [1.165, 1.54) is 11.1 Å². The first-order chi connectivity index (χ1) is 10.1. The molecule has 2 aromatic rings. The van der Waals surface area contributed by atoms with Crippen LogP contribution in [-0.4, -0.2) is 5.91 Å². The maximum Gasteiger partial charge on any atom is 0.224 e. The minimum Gasteiger partial charge on any atom is -0.397 e. The maximum absolute atomic E-state index is 11.5. The molecule has 0 aliphatic carbocycles. The highest BCUT2D eigenvalue weighted by molar-refractivity contribution is 5.95. The zero-order chi connectivity index (χ0) is 14.8. The van der Waals surface area contributed by atoms with E-state index in [0.717, 1.165) is 29.0 Å². The lowest BCUT2D eigenvalue weighted by atomic mass is 10.0. The summed E-state index contributed by atoms with van der Waals surface area (Å²) in [5, 5.41) is 6.25. The van der Waals surface area contributed by atoms with Gasteiger partial charge in [-0.1, -0.05) is 29.8 Å². The molecule has 21 heavy (non-hydrogen) atoms. The summed E-state index contributed by atoms with van der Waals surface area (Å²) >= 11 is 0. The van der Waals surface area contributed by atoms with Gasteiger partial charge < -0.3 is 16.4 Å². The summed E-state index contributed by atoms with van der Waals surface area (Å²) in [5.74, 6) is 0.0666. The van der Waals surface area contributed by atoms with E-state index >= 15 is 0 Å². The molecule has 0 saturated carbocycles. The average Bonchev–Trinajstić information content (AvgIpc) is 2.45. The quantitative estimate of drug-likeness (QED) is 0.757. The third-order valence-corrected chi connectivity index (χ3v) is 3.74. The van der Waals surface area contributed by atoms with Crippen LogP contribution in [-0.2, 0) is 17.8 Å². The van der Waals surface area contributed by atoms with Gasteiger partial charge in [0.05, 0.1) is 11.4 Å². The number of nitrogens with two attached hydrogens (primary N) is 1. The number of fused-ring (bicyclic) bond motifs is 1. The van der Waals surface area contributed by atoms with Crippen LogP contribution >= 0.6 is 0 Å². The van der Waals surface area contributed by atoms with E-state index in [1.54, 1.807) is 0 Å². The summed E-state index contributed by atoms with van der Waals surface area (Å²) in [6.45, 7) is 2.78. The summed E-state index contributed by atoms with van der Waals surface area (Å²) in [4.78, 5) is 11.5. The van der Waals surface area contributed by atoms with Crippen LogP contribution in [0, 0.1) is 6.92 Å². The number of carbonyl (C=O) groups is 1. The Morgan fingerprint density at radius 3 is 2.90 bits per heavy atom. The highest BCUT2D eigenvalue weighted by Gasteiger charge is 2.16. The first-order valence-corrected chi connectivity index (χ1v) is 7.13. The van der Waals surface area contributed by atoms with E-state index < -0.39 is 0 Å². The molecule has 1 heterocycles. The second kappa shape index (κ2) is 5.48. The van der Waals surface area contributed by atoms with Gasteiger partial charge in [0.15, 0.2) is 0 Å². The van der Waals surface area contributed by atoms with Crippen molar-refractivity contribution in [2.75, 3.05) is 16.4 Å². The van der Waals surface area contributed by atoms with Crippen molar-refractivity contribution < 1.29 is 4.79 Å². The highest BCUT2D eigenvalue weighted by Crippen LogP contribution is 2.31. The maximum atomic E-state index is 11.5. The fraction of sp³-hybridized carbons (Fsp3) is 0.235. The van der Waals surface area contributed by atoms with Gasteiger partial charge in [0, 0.05) is 18.7 Å². The molecular weight excluding hydrogens is 262 g/mol. The Morgan fingerprint density at radius 1 is 1.24 bits per heavy atom. The molecule has 4 nitrogen and oxygen atoms in total. The van der Waals surface area contributed by atoms with Crippen molar-refractivity contribution in [2.24, 2.45) is 0 Å². The third-order valence-electron chi connectivity index (χ3n) is 3.74. The van der Waals surface area contributed by atoms with Crippen LogP contribution in [0.2, 0.25) is 0 Å². The van der Waals surface area contributed by atoms with E-state index in [0.29, 0.717) is 13.0 Å². The molecule has 0 bridgehead atoms. The van der Waals surface area contributed by atoms with Crippen molar-refractivity contribution in [1.29, 1.82) is 0 Å². The molecule has 1 aliphatic rings. The molecule has 4 heteroatoms. The fourth-order valence-electron chi connectivity index (χ4n) is 2.62. The summed E-state index contributed by atoms with van der Waals surface area (Å²) < 4.78 is 0. The number of benzene rings is 2. The number of carbonyl (C=O) groups excluding carboxylic acids is 1.